The Morgan fingerprint density at radius 3 is 2.48 bits per heavy atom. The van der Waals surface area contributed by atoms with Crippen molar-refractivity contribution in [2.75, 3.05) is 18.6 Å². The molecule has 1 heterocycles. The first-order chi connectivity index (χ1) is 14.8. The van der Waals surface area contributed by atoms with Crippen LogP contribution in [0.3, 0.4) is 0 Å². The molecule has 5 nitrogen and oxygen atoms in total. The van der Waals surface area contributed by atoms with Gasteiger partial charge in [0.05, 0.1) is 24.6 Å². The first kappa shape index (κ1) is 22.6. The highest BCUT2D eigenvalue weighted by molar-refractivity contribution is 5.99. The van der Waals surface area contributed by atoms with Crippen molar-refractivity contribution in [1.82, 2.24) is 4.98 Å². The predicted octanol–water partition coefficient (Wildman–Crippen LogP) is 4.29. The summed E-state index contributed by atoms with van der Waals surface area (Å²) in [5.41, 5.74) is 7.50. The number of hydrogen-bond acceptors (Lipinski definition) is 4. The maximum Gasteiger partial charge on any atom is 0.416 e. The van der Waals surface area contributed by atoms with Crippen LogP contribution in [0.2, 0.25) is 0 Å². The van der Waals surface area contributed by atoms with Crippen LogP contribution in [0, 0.1) is 0 Å². The minimum Gasteiger partial charge on any atom is -0.481 e. The summed E-state index contributed by atoms with van der Waals surface area (Å²) in [4.78, 5) is 18.9. The third-order valence-corrected chi connectivity index (χ3v) is 5.06. The Hall–Kier alpha value is -3.13. The molecule has 2 N–H and O–H groups in total. The Kier molecular flexibility index (Phi) is 7.12. The van der Waals surface area contributed by atoms with Crippen molar-refractivity contribution >= 4 is 11.6 Å². The summed E-state index contributed by atoms with van der Waals surface area (Å²) in [5, 5.41) is 0. The van der Waals surface area contributed by atoms with E-state index in [0.717, 1.165) is 30.5 Å². The van der Waals surface area contributed by atoms with Gasteiger partial charge in [0.25, 0.3) is 0 Å². The van der Waals surface area contributed by atoms with Gasteiger partial charge < -0.3 is 15.4 Å². The normalized spacial score (nSPS) is 14.7. The number of pyridine rings is 1. The summed E-state index contributed by atoms with van der Waals surface area (Å²) < 4.78 is 43.5. The molecule has 8 heteroatoms. The zero-order chi connectivity index (χ0) is 22.4. The molecule has 0 saturated heterocycles. The molecule has 3 rings (SSSR count). The first-order valence-corrected chi connectivity index (χ1v) is 9.89. The van der Waals surface area contributed by atoms with E-state index in [1.54, 1.807) is 12.1 Å². The lowest BCUT2D eigenvalue weighted by atomic mass is 9.99. The quantitative estimate of drug-likeness (QED) is 0.710. The highest BCUT2D eigenvalue weighted by Crippen LogP contribution is 2.29. The summed E-state index contributed by atoms with van der Waals surface area (Å²) in [6.07, 6.45) is 4.99. The van der Waals surface area contributed by atoms with Crippen LogP contribution in [-0.2, 0) is 17.4 Å². The number of benzene rings is 1. The Labute approximate surface area is 179 Å². The standard InChI is InChI=1S/C23H24F3N3O2/c1-31-20-12-11-19(15-28-20)29(22(30)21(27)17-5-3-2-4-6-17)14-13-16-7-9-18(10-8-16)23(24,25)26/h3,5-12,15,21H,2,4,13-14,27H2,1H3. The van der Waals surface area contributed by atoms with E-state index in [1.807, 2.05) is 18.2 Å². The third kappa shape index (κ3) is 5.73. The van der Waals surface area contributed by atoms with E-state index in [4.69, 9.17) is 10.5 Å². The molecule has 1 unspecified atom stereocenters. The second kappa shape index (κ2) is 9.78. The van der Waals surface area contributed by atoms with E-state index in [-0.39, 0.29) is 12.5 Å². The fourth-order valence-corrected chi connectivity index (χ4v) is 3.30. The van der Waals surface area contributed by atoms with E-state index in [2.05, 4.69) is 4.98 Å². The highest BCUT2D eigenvalue weighted by Gasteiger charge is 2.30. The molecule has 0 fully saturated rings. The van der Waals surface area contributed by atoms with Gasteiger partial charge in [-0.2, -0.15) is 13.2 Å². The van der Waals surface area contributed by atoms with Crippen molar-refractivity contribution in [3.8, 4) is 5.88 Å². The summed E-state index contributed by atoms with van der Waals surface area (Å²) in [5.74, 6) is 0.0952. The number of nitrogens with two attached hydrogens (primary N) is 1. The zero-order valence-electron chi connectivity index (χ0n) is 17.1. The Morgan fingerprint density at radius 1 is 1.19 bits per heavy atom. The van der Waals surface area contributed by atoms with Crippen molar-refractivity contribution in [3.05, 3.63) is 77.5 Å². The molecule has 1 aromatic heterocycles. The number of ether oxygens (including phenoxy) is 1. The molecule has 0 bridgehead atoms. The highest BCUT2D eigenvalue weighted by atomic mass is 19.4. The lowest BCUT2D eigenvalue weighted by molar-refractivity contribution is -0.137. The van der Waals surface area contributed by atoms with Crippen molar-refractivity contribution in [3.63, 3.8) is 0 Å². The van der Waals surface area contributed by atoms with E-state index >= 15 is 0 Å². The first-order valence-electron chi connectivity index (χ1n) is 9.89. The van der Waals surface area contributed by atoms with Crippen LogP contribution in [-0.4, -0.2) is 30.6 Å². The number of aromatic nitrogens is 1. The van der Waals surface area contributed by atoms with Gasteiger partial charge in [-0.05, 0) is 48.6 Å². The largest absolute Gasteiger partial charge is 0.481 e. The minimum absolute atomic E-state index is 0.239. The van der Waals surface area contributed by atoms with Gasteiger partial charge in [0, 0.05) is 12.6 Å². The Balaban J connectivity index is 1.80. The SMILES string of the molecule is COc1ccc(N(CCc2ccc(C(F)(F)F)cc2)C(=O)C(N)C2=CCCC=C2)cn1. The number of hydrogen-bond donors (Lipinski definition) is 1. The van der Waals surface area contributed by atoms with E-state index < -0.39 is 17.8 Å². The summed E-state index contributed by atoms with van der Waals surface area (Å²) >= 11 is 0. The summed E-state index contributed by atoms with van der Waals surface area (Å²) in [6, 6.07) is 7.42. The van der Waals surface area contributed by atoms with Gasteiger partial charge >= 0.3 is 6.18 Å². The predicted molar refractivity (Wildman–Crippen MR) is 113 cm³/mol. The minimum atomic E-state index is -4.39. The molecular formula is C23H24F3N3O2. The second-order valence-electron chi connectivity index (χ2n) is 7.15. The fraction of sp³-hybridized carbons (Fsp3) is 0.304. The summed E-state index contributed by atoms with van der Waals surface area (Å²) in [6.45, 7) is 0.239. The van der Waals surface area contributed by atoms with Gasteiger partial charge in [0.2, 0.25) is 11.8 Å². The van der Waals surface area contributed by atoms with Gasteiger partial charge in [-0.25, -0.2) is 4.98 Å². The molecular weight excluding hydrogens is 407 g/mol. The van der Waals surface area contributed by atoms with Gasteiger partial charge in [-0.1, -0.05) is 30.4 Å². The number of methoxy groups -OCH3 is 1. The topological polar surface area (TPSA) is 68.5 Å². The molecule has 31 heavy (non-hydrogen) atoms. The monoisotopic (exact) mass is 431 g/mol. The van der Waals surface area contributed by atoms with Crippen LogP contribution < -0.4 is 15.4 Å². The lowest BCUT2D eigenvalue weighted by Crippen LogP contribution is -2.45. The number of anilines is 1. The van der Waals surface area contributed by atoms with Crippen LogP contribution in [0.4, 0.5) is 18.9 Å². The molecule has 164 valence electrons. The smallest absolute Gasteiger partial charge is 0.416 e. The molecule has 1 aliphatic rings. The lowest BCUT2D eigenvalue weighted by Gasteiger charge is -2.27. The van der Waals surface area contributed by atoms with Gasteiger partial charge in [0.1, 0.15) is 6.04 Å². The van der Waals surface area contributed by atoms with Crippen LogP contribution in [0.15, 0.2) is 66.4 Å². The third-order valence-electron chi connectivity index (χ3n) is 5.06. The number of halogens is 3. The number of nitrogens with zero attached hydrogens (tertiary/aromatic N) is 2. The van der Waals surface area contributed by atoms with Gasteiger partial charge in [-0.15, -0.1) is 0 Å². The number of allylic oxidation sites excluding steroid dienone is 2. The van der Waals surface area contributed by atoms with Crippen LogP contribution in [0.5, 0.6) is 5.88 Å². The molecule has 2 aromatic rings. The maximum absolute atomic E-state index is 13.2. The number of carbonyl (C=O) groups is 1. The fourth-order valence-electron chi connectivity index (χ4n) is 3.30. The van der Waals surface area contributed by atoms with Gasteiger partial charge in [0.15, 0.2) is 0 Å². The number of rotatable bonds is 7. The molecule has 0 spiro atoms. The average molecular weight is 431 g/mol. The Morgan fingerprint density at radius 2 is 1.94 bits per heavy atom. The summed E-state index contributed by atoms with van der Waals surface area (Å²) in [7, 11) is 1.49. The van der Waals surface area contributed by atoms with Crippen molar-refractivity contribution < 1.29 is 22.7 Å². The Bertz CT molecular complexity index is 952. The molecule has 0 saturated carbocycles. The second-order valence-corrected chi connectivity index (χ2v) is 7.15. The van der Waals surface area contributed by atoms with Crippen molar-refractivity contribution in [1.29, 1.82) is 0 Å². The van der Waals surface area contributed by atoms with Crippen molar-refractivity contribution in [2.45, 2.75) is 31.5 Å². The van der Waals surface area contributed by atoms with E-state index in [1.165, 1.54) is 30.3 Å². The zero-order valence-corrected chi connectivity index (χ0v) is 17.1. The van der Waals surface area contributed by atoms with Crippen LogP contribution in [0.1, 0.15) is 24.0 Å². The van der Waals surface area contributed by atoms with Crippen LogP contribution >= 0.6 is 0 Å². The molecule has 1 amide bonds. The molecule has 1 atom stereocenters. The van der Waals surface area contributed by atoms with Crippen molar-refractivity contribution in [2.24, 2.45) is 5.73 Å². The maximum atomic E-state index is 13.2. The van der Waals surface area contributed by atoms with E-state index in [9.17, 15) is 18.0 Å². The van der Waals surface area contributed by atoms with E-state index in [0.29, 0.717) is 23.6 Å². The number of alkyl halides is 3. The average Bonchev–Trinajstić information content (AvgIpc) is 2.79. The number of carbonyl (C=O) groups excluding carboxylic acids is 1. The molecule has 0 aliphatic heterocycles. The molecule has 1 aromatic carbocycles. The molecule has 0 radical (unpaired) electrons. The molecule has 1 aliphatic carbocycles. The number of amides is 1. The van der Waals surface area contributed by atoms with Crippen LogP contribution in [0.25, 0.3) is 0 Å². The van der Waals surface area contributed by atoms with Gasteiger partial charge in [-0.3, -0.25) is 4.79 Å².